The first-order chi connectivity index (χ1) is 19.4. The van der Waals surface area contributed by atoms with E-state index in [9.17, 15) is 26.3 Å². The van der Waals surface area contributed by atoms with Gasteiger partial charge in [0.1, 0.15) is 6.04 Å². The van der Waals surface area contributed by atoms with Gasteiger partial charge in [0, 0.05) is 72.3 Å². The molecule has 2 aliphatic heterocycles. The van der Waals surface area contributed by atoms with Crippen LogP contribution in [0.5, 0.6) is 0 Å². The topological polar surface area (TPSA) is 77.1 Å². The van der Waals surface area contributed by atoms with Crippen molar-refractivity contribution in [1.29, 1.82) is 0 Å². The number of aromatic amines is 1. The number of benzene rings is 1. The smallest absolute Gasteiger partial charge is 0.356 e. The zero-order chi connectivity index (χ0) is 29.1. The Morgan fingerprint density at radius 2 is 1.49 bits per heavy atom. The summed E-state index contributed by atoms with van der Waals surface area (Å²) in [5, 5.41) is 1.31. The summed E-state index contributed by atoms with van der Waals surface area (Å²) in [6, 6.07) is 4.27. The predicted molar refractivity (Wildman–Crippen MR) is 140 cm³/mol. The first-order valence-corrected chi connectivity index (χ1v) is 13.1. The number of hydrogen-bond acceptors (Lipinski definition) is 7. The van der Waals surface area contributed by atoms with Crippen LogP contribution in [0.4, 0.5) is 38.2 Å². The van der Waals surface area contributed by atoms with Crippen molar-refractivity contribution in [3.63, 3.8) is 0 Å². The second kappa shape index (κ2) is 10.0. The lowest BCUT2D eigenvalue weighted by molar-refractivity contribution is -0.147. The molecule has 0 amide bonds. The Kier molecular flexibility index (Phi) is 6.72. The number of piperazine rings is 1. The van der Waals surface area contributed by atoms with Crippen LogP contribution in [0.25, 0.3) is 10.9 Å². The summed E-state index contributed by atoms with van der Waals surface area (Å²) in [6.07, 6.45) is -6.83. The molecule has 1 fully saturated rings. The van der Waals surface area contributed by atoms with Gasteiger partial charge in [-0.1, -0.05) is 11.6 Å². The van der Waals surface area contributed by atoms with Crippen molar-refractivity contribution in [2.75, 3.05) is 49.6 Å². The van der Waals surface area contributed by atoms with Crippen molar-refractivity contribution >= 4 is 34.4 Å². The quantitative estimate of drug-likeness (QED) is 0.320. The highest BCUT2D eigenvalue weighted by molar-refractivity contribution is 6.31. The molecule has 15 heteroatoms. The van der Waals surface area contributed by atoms with Gasteiger partial charge in [0.15, 0.2) is 11.4 Å². The molecule has 1 saturated heterocycles. The molecule has 8 nitrogen and oxygen atoms in total. The molecular formula is C26H23ClF6N8. The lowest BCUT2D eigenvalue weighted by atomic mass is 9.94. The number of hydrogen-bond donors (Lipinski definition) is 1. The second-order valence-corrected chi connectivity index (χ2v) is 10.5. The maximum atomic E-state index is 13.7. The van der Waals surface area contributed by atoms with Gasteiger partial charge in [-0.05, 0) is 43.3 Å². The maximum absolute atomic E-state index is 13.7. The van der Waals surface area contributed by atoms with Crippen LogP contribution in [0, 0.1) is 0 Å². The molecule has 0 spiro atoms. The van der Waals surface area contributed by atoms with Gasteiger partial charge in [-0.2, -0.15) is 26.3 Å². The van der Waals surface area contributed by atoms with E-state index in [0.29, 0.717) is 28.6 Å². The first-order valence-electron chi connectivity index (χ1n) is 12.7. The van der Waals surface area contributed by atoms with E-state index in [1.54, 1.807) is 30.6 Å². The van der Waals surface area contributed by atoms with Crippen molar-refractivity contribution in [3.05, 3.63) is 69.9 Å². The number of anilines is 2. The van der Waals surface area contributed by atoms with Gasteiger partial charge in [-0.25, -0.2) is 19.9 Å². The first kappa shape index (κ1) is 27.5. The molecule has 3 aromatic heterocycles. The fourth-order valence-electron chi connectivity index (χ4n) is 5.32. The Hall–Kier alpha value is -3.65. The van der Waals surface area contributed by atoms with Crippen LogP contribution in [0.2, 0.25) is 5.02 Å². The van der Waals surface area contributed by atoms with Crippen molar-refractivity contribution in [2.24, 2.45) is 0 Å². The standard InChI is InChI=1S/C26H23ClF6N8/c1-39-6-8-40(9-7-39)23-34-12-14(13-35-23)22-21-16(17-10-15(27)2-3-18(17)36-21)4-5-41(22)24-37-19(25(28,29)30)11-20(38-24)26(31,32)33/h2-3,10-13,22,36H,4-9H2,1H3. The predicted octanol–water partition coefficient (Wildman–Crippen LogP) is 5.34. The van der Waals surface area contributed by atoms with Gasteiger partial charge in [0.2, 0.25) is 11.9 Å². The van der Waals surface area contributed by atoms with E-state index in [1.165, 1.54) is 4.90 Å². The molecule has 41 heavy (non-hydrogen) atoms. The average molecular weight is 597 g/mol. The summed E-state index contributed by atoms with van der Waals surface area (Å²) in [5.74, 6) is -0.204. The minimum atomic E-state index is -5.11. The number of fused-ring (bicyclic) bond motifs is 3. The SMILES string of the molecule is CN1CCN(c2ncc(C3c4[nH]c5ccc(Cl)cc5c4CCN3c3nc(C(F)(F)F)cc(C(F)(F)F)n3)cn2)CC1. The Morgan fingerprint density at radius 3 is 2.10 bits per heavy atom. The van der Waals surface area contributed by atoms with Crippen LogP contribution < -0.4 is 9.80 Å². The zero-order valence-corrected chi connectivity index (χ0v) is 22.3. The molecule has 0 radical (unpaired) electrons. The third-order valence-electron chi connectivity index (χ3n) is 7.40. The average Bonchev–Trinajstić information content (AvgIpc) is 3.30. The molecule has 6 rings (SSSR count). The maximum Gasteiger partial charge on any atom is 0.433 e. The Bertz CT molecular complexity index is 1550. The third-order valence-corrected chi connectivity index (χ3v) is 7.64. The minimum absolute atomic E-state index is 0.0377. The van der Waals surface area contributed by atoms with Gasteiger partial charge >= 0.3 is 12.4 Å². The monoisotopic (exact) mass is 596 g/mol. The molecule has 1 N–H and O–H groups in total. The number of halogens is 7. The van der Waals surface area contributed by atoms with Crippen molar-refractivity contribution in [3.8, 4) is 0 Å². The van der Waals surface area contributed by atoms with Crippen LogP contribution in [0.1, 0.15) is 34.3 Å². The van der Waals surface area contributed by atoms with Gasteiger partial charge in [-0.15, -0.1) is 0 Å². The van der Waals surface area contributed by atoms with Crippen molar-refractivity contribution in [2.45, 2.75) is 24.8 Å². The zero-order valence-electron chi connectivity index (χ0n) is 21.6. The molecule has 1 aromatic carbocycles. The highest BCUT2D eigenvalue weighted by Crippen LogP contribution is 2.42. The molecule has 0 bridgehead atoms. The summed E-state index contributed by atoms with van der Waals surface area (Å²) >= 11 is 6.23. The minimum Gasteiger partial charge on any atom is -0.356 e. The van der Waals surface area contributed by atoms with Crippen LogP contribution in [0.15, 0.2) is 36.7 Å². The molecule has 1 unspecified atom stereocenters. The number of alkyl halides is 6. The molecule has 4 aromatic rings. The number of rotatable bonds is 3. The second-order valence-electron chi connectivity index (χ2n) is 10.1. The fourth-order valence-corrected chi connectivity index (χ4v) is 5.49. The van der Waals surface area contributed by atoms with E-state index in [0.717, 1.165) is 42.6 Å². The third kappa shape index (κ3) is 5.25. The van der Waals surface area contributed by atoms with Gasteiger partial charge < -0.3 is 19.7 Å². The molecule has 1 atom stereocenters. The van der Waals surface area contributed by atoms with Crippen LogP contribution in [-0.2, 0) is 18.8 Å². The lowest BCUT2D eigenvalue weighted by Gasteiger charge is -2.36. The number of aromatic nitrogens is 5. The molecule has 2 aliphatic rings. The molecular weight excluding hydrogens is 574 g/mol. The number of likely N-dealkylation sites (N-methyl/N-ethyl adjacent to an activating group) is 1. The molecule has 0 aliphatic carbocycles. The summed E-state index contributed by atoms with van der Waals surface area (Å²) in [5.41, 5.74) is -0.763. The summed E-state index contributed by atoms with van der Waals surface area (Å²) in [7, 11) is 2.02. The Labute approximate surface area is 235 Å². The Morgan fingerprint density at radius 1 is 0.854 bits per heavy atom. The van der Waals surface area contributed by atoms with E-state index in [-0.39, 0.29) is 12.6 Å². The van der Waals surface area contributed by atoms with E-state index in [1.807, 2.05) is 11.9 Å². The number of H-pyrrole nitrogens is 1. The Balaban J connectivity index is 1.48. The molecule has 216 valence electrons. The van der Waals surface area contributed by atoms with Crippen LogP contribution >= 0.6 is 11.6 Å². The van der Waals surface area contributed by atoms with Crippen molar-refractivity contribution < 1.29 is 26.3 Å². The molecule has 0 saturated carbocycles. The van der Waals surface area contributed by atoms with Crippen LogP contribution in [-0.4, -0.2) is 69.6 Å². The molecule has 5 heterocycles. The van der Waals surface area contributed by atoms with E-state index in [2.05, 4.69) is 29.8 Å². The highest BCUT2D eigenvalue weighted by Gasteiger charge is 2.42. The normalized spacial score (nSPS) is 18.7. The number of nitrogens with one attached hydrogen (secondary N) is 1. The summed E-state index contributed by atoms with van der Waals surface area (Å²) in [6.45, 7) is 3.14. The summed E-state index contributed by atoms with van der Waals surface area (Å²) < 4.78 is 82.0. The van der Waals surface area contributed by atoms with Crippen LogP contribution in [0.3, 0.4) is 0 Å². The highest BCUT2D eigenvalue weighted by atomic mass is 35.5. The number of nitrogens with zero attached hydrogens (tertiary/aromatic N) is 7. The van der Waals surface area contributed by atoms with Crippen molar-refractivity contribution in [1.82, 2.24) is 29.8 Å². The van der Waals surface area contributed by atoms with E-state index in [4.69, 9.17) is 11.6 Å². The van der Waals surface area contributed by atoms with E-state index >= 15 is 0 Å². The lowest BCUT2D eigenvalue weighted by Crippen LogP contribution is -2.45. The summed E-state index contributed by atoms with van der Waals surface area (Å²) in [4.78, 5) is 25.0. The van der Waals surface area contributed by atoms with Gasteiger partial charge in [-0.3, -0.25) is 0 Å². The van der Waals surface area contributed by atoms with Gasteiger partial charge in [0.05, 0.1) is 0 Å². The largest absolute Gasteiger partial charge is 0.433 e. The fraction of sp³-hybridized carbons (Fsp3) is 0.385. The van der Waals surface area contributed by atoms with E-state index < -0.39 is 35.7 Å². The van der Waals surface area contributed by atoms with Gasteiger partial charge in [0.25, 0.3) is 0 Å².